The van der Waals surface area contributed by atoms with Crippen molar-refractivity contribution in [2.45, 2.75) is 23.6 Å². The minimum absolute atomic E-state index is 0.0322. The van der Waals surface area contributed by atoms with Gasteiger partial charge in [-0.05, 0) is 41.8 Å². The van der Waals surface area contributed by atoms with Crippen molar-refractivity contribution in [2.75, 3.05) is 6.61 Å². The quantitative estimate of drug-likeness (QED) is 0.266. The van der Waals surface area contributed by atoms with Gasteiger partial charge in [-0.15, -0.1) is 0 Å². The molecular formula is C21H21N5O4S. The van der Waals surface area contributed by atoms with E-state index in [0.29, 0.717) is 12.2 Å². The number of benzene rings is 2. The van der Waals surface area contributed by atoms with E-state index >= 15 is 0 Å². The Balaban J connectivity index is 1.72. The van der Waals surface area contributed by atoms with Crippen LogP contribution < -0.4 is 21.4 Å². The molecule has 0 aliphatic heterocycles. The molecule has 0 spiro atoms. The van der Waals surface area contributed by atoms with Gasteiger partial charge in [-0.1, -0.05) is 49.0 Å². The number of aromatic nitrogens is 3. The van der Waals surface area contributed by atoms with Crippen molar-refractivity contribution in [1.29, 1.82) is 0 Å². The van der Waals surface area contributed by atoms with E-state index in [1.807, 2.05) is 37.3 Å². The second-order valence-corrected chi connectivity index (χ2v) is 7.47. The molecule has 0 bridgehead atoms. The largest absolute Gasteiger partial charge is 0.494 e. The van der Waals surface area contributed by atoms with E-state index in [2.05, 4.69) is 25.7 Å². The molecule has 3 rings (SSSR count). The van der Waals surface area contributed by atoms with Gasteiger partial charge in [0.15, 0.2) is 5.03 Å². The van der Waals surface area contributed by atoms with Crippen molar-refractivity contribution in [2.24, 2.45) is 5.10 Å². The number of ether oxygens (including phenoxy) is 1. The van der Waals surface area contributed by atoms with Crippen LogP contribution in [0.5, 0.6) is 5.75 Å². The van der Waals surface area contributed by atoms with Crippen molar-refractivity contribution < 1.29 is 9.53 Å². The molecule has 0 aliphatic rings. The minimum atomic E-state index is -0.803. The highest BCUT2D eigenvalue weighted by Crippen LogP contribution is 2.32. The maximum absolute atomic E-state index is 12.8. The molecule has 0 saturated heterocycles. The predicted molar refractivity (Wildman–Crippen MR) is 118 cm³/mol. The van der Waals surface area contributed by atoms with Crippen molar-refractivity contribution >= 4 is 23.9 Å². The summed E-state index contributed by atoms with van der Waals surface area (Å²) >= 11 is 0.914. The Kier molecular flexibility index (Phi) is 7.77. The van der Waals surface area contributed by atoms with Crippen molar-refractivity contribution in [3.8, 4) is 5.75 Å². The van der Waals surface area contributed by atoms with E-state index in [4.69, 9.17) is 4.74 Å². The first-order chi connectivity index (χ1) is 15.1. The Morgan fingerprint density at radius 2 is 1.94 bits per heavy atom. The normalized spacial score (nSPS) is 11.9. The molecule has 1 heterocycles. The summed E-state index contributed by atoms with van der Waals surface area (Å²) in [5.74, 6) is 0.324. The molecule has 9 nitrogen and oxygen atoms in total. The zero-order valence-corrected chi connectivity index (χ0v) is 17.5. The number of aromatic amines is 2. The number of nitrogens with zero attached hydrogens (tertiary/aromatic N) is 2. The molecule has 2 aromatic carbocycles. The van der Waals surface area contributed by atoms with Gasteiger partial charge in [-0.3, -0.25) is 14.6 Å². The highest BCUT2D eigenvalue weighted by atomic mass is 32.2. The van der Waals surface area contributed by atoms with Gasteiger partial charge in [0.05, 0.1) is 12.8 Å². The van der Waals surface area contributed by atoms with E-state index in [1.54, 1.807) is 24.3 Å². The van der Waals surface area contributed by atoms with E-state index in [1.165, 1.54) is 6.21 Å². The topological polar surface area (TPSA) is 129 Å². The van der Waals surface area contributed by atoms with Gasteiger partial charge in [0.2, 0.25) is 0 Å². The van der Waals surface area contributed by atoms with Gasteiger partial charge in [0, 0.05) is 0 Å². The Hall–Kier alpha value is -3.66. The number of hydrogen-bond donors (Lipinski definition) is 3. The fraction of sp³-hybridized carbons (Fsp3) is 0.190. The van der Waals surface area contributed by atoms with Gasteiger partial charge in [0.1, 0.15) is 11.0 Å². The lowest BCUT2D eigenvalue weighted by Gasteiger charge is -2.14. The lowest BCUT2D eigenvalue weighted by Crippen LogP contribution is -2.28. The van der Waals surface area contributed by atoms with Gasteiger partial charge in [-0.2, -0.15) is 10.2 Å². The average molecular weight is 439 g/mol. The zero-order valence-electron chi connectivity index (χ0n) is 16.7. The number of rotatable bonds is 9. The third-order valence-electron chi connectivity index (χ3n) is 3.99. The van der Waals surface area contributed by atoms with Gasteiger partial charge in [-0.25, -0.2) is 15.3 Å². The number of amides is 1. The van der Waals surface area contributed by atoms with Crippen molar-refractivity contribution in [3.05, 3.63) is 86.6 Å². The highest BCUT2D eigenvalue weighted by Gasteiger charge is 2.24. The van der Waals surface area contributed by atoms with Gasteiger partial charge < -0.3 is 4.74 Å². The predicted octanol–water partition coefficient (Wildman–Crippen LogP) is 2.23. The number of hydrazone groups is 1. The van der Waals surface area contributed by atoms with Crippen molar-refractivity contribution in [1.82, 2.24) is 20.6 Å². The average Bonchev–Trinajstić information content (AvgIpc) is 2.78. The molecule has 3 aromatic rings. The first-order valence-electron chi connectivity index (χ1n) is 9.53. The molecule has 1 amide bonds. The Labute approximate surface area is 181 Å². The van der Waals surface area contributed by atoms with E-state index in [0.717, 1.165) is 29.5 Å². The summed E-state index contributed by atoms with van der Waals surface area (Å²) in [6, 6.07) is 16.2. The van der Waals surface area contributed by atoms with Gasteiger partial charge in [0.25, 0.3) is 11.5 Å². The number of nitrogens with one attached hydrogen (secondary N) is 3. The van der Waals surface area contributed by atoms with E-state index < -0.39 is 22.4 Å². The molecule has 160 valence electrons. The molecule has 0 fully saturated rings. The molecule has 1 aromatic heterocycles. The molecular weight excluding hydrogens is 418 g/mol. The van der Waals surface area contributed by atoms with Crippen LogP contribution in [0, 0.1) is 0 Å². The maximum Gasteiger partial charge on any atom is 0.342 e. The van der Waals surface area contributed by atoms with Crippen LogP contribution in [0.25, 0.3) is 0 Å². The van der Waals surface area contributed by atoms with Crippen LogP contribution in [-0.2, 0) is 4.79 Å². The standard InChI is InChI=1S/C21H21N5O4S/c1-2-12-30-16-10-8-14(9-11-16)13-22-24-18(27)17(15-6-4-3-5-7-15)31-20-19(28)23-21(29)26-25-20/h3-11,13,17H,2,12H2,1H3,(H,24,27)(H2,23,26,28,29)/b22-13-. The molecule has 1 atom stereocenters. The molecule has 1 unspecified atom stereocenters. The summed E-state index contributed by atoms with van der Waals surface area (Å²) in [5, 5.41) is 9.08. The summed E-state index contributed by atoms with van der Waals surface area (Å²) in [5.41, 5.74) is 2.55. The monoisotopic (exact) mass is 439 g/mol. The third kappa shape index (κ3) is 6.41. The molecule has 31 heavy (non-hydrogen) atoms. The fourth-order valence-electron chi connectivity index (χ4n) is 2.53. The summed E-state index contributed by atoms with van der Waals surface area (Å²) in [4.78, 5) is 38.1. The number of carbonyl (C=O) groups is 1. The Bertz CT molecular complexity index is 1140. The number of thioether (sulfide) groups is 1. The van der Waals surface area contributed by atoms with Crippen LogP contribution in [0.3, 0.4) is 0 Å². The lowest BCUT2D eigenvalue weighted by atomic mass is 10.1. The number of hydrogen-bond acceptors (Lipinski definition) is 7. The Morgan fingerprint density at radius 1 is 1.19 bits per heavy atom. The van der Waals surface area contributed by atoms with E-state index in [-0.39, 0.29) is 5.03 Å². The second-order valence-electron chi connectivity index (χ2n) is 6.37. The first kappa shape index (κ1) is 22.0. The number of carbonyl (C=O) groups excluding carboxylic acids is 1. The summed E-state index contributed by atoms with van der Waals surface area (Å²) in [7, 11) is 0. The lowest BCUT2D eigenvalue weighted by molar-refractivity contribution is -0.120. The Morgan fingerprint density at radius 3 is 2.61 bits per heavy atom. The number of H-pyrrole nitrogens is 2. The van der Waals surface area contributed by atoms with Crippen molar-refractivity contribution in [3.63, 3.8) is 0 Å². The molecule has 10 heteroatoms. The summed E-state index contributed by atoms with van der Waals surface area (Å²) in [6.07, 6.45) is 2.44. The van der Waals surface area contributed by atoms with Crippen LogP contribution in [-0.4, -0.2) is 33.9 Å². The first-order valence-corrected chi connectivity index (χ1v) is 10.4. The SMILES string of the molecule is CCCOc1ccc(/C=N\NC(=O)C(Sc2n[nH]c(=O)[nH]c2=O)c2ccccc2)cc1. The summed E-state index contributed by atoms with van der Waals surface area (Å²) < 4.78 is 5.53. The maximum atomic E-state index is 12.8. The molecule has 0 aliphatic carbocycles. The van der Waals surface area contributed by atoms with Gasteiger partial charge >= 0.3 is 5.69 Å². The van der Waals surface area contributed by atoms with Crippen LogP contribution in [0.15, 0.2) is 74.3 Å². The van der Waals surface area contributed by atoms with Crippen LogP contribution in [0.1, 0.15) is 29.7 Å². The van der Waals surface area contributed by atoms with Crippen LogP contribution in [0.4, 0.5) is 0 Å². The fourth-order valence-corrected chi connectivity index (χ4v) is 3.46. The third-order valence-corrected chi connectivity index (χ3v) is 5.21. The highest BCUT2D eigenvalue weighted by molar-refractivity contribution is 8.00. The molecule has 3 N–H and O–H groups in total. The summed E-state index contributed by atoms with van der Waals surface area (Å²) in [6.45, 7) is 2.68. The van der Waals surface area contributed by atoms with Crippen LogP contribution >= 0.6 is 11.8 Å². The minimum Gasteiger partial charge on any atom is -0.494 e. The molecule has 0 saturated carbocycles. The van der Waals surface area contributed by atoms with Crippen LogP contribution in [0.2, 0.25) is 0 Å². The smallest absolute Gasteiger partial charge is 0.342 e. The molecule has 0 radical (unpaired) electrons. The zero-order chi connectivity index (χ0) is 22.1. The second kappa shape index (κ2) is 10.9. The van der Waals surface area contributed by atoms with E-state index in [9.17, 15) is 14.4 Å².